The van der Waals surface area contributed by atoms with Gasteiger partial charge in [-0.1, -0.05) is 0 Å². The van der Waals surface area contributed by atoms with Gasteiger partial charge in [0.15, 0.2) is 0 Å². The zero-order chi connectivity index (χ0) is 12.0. The van der Waals surface area contributed by atoms with Crippen LogP contribution in [0.3, 0.4) is 0 Å². The van der Waals surface area contributed by atoms with E-state index in [-0.39, 0.29) is 0 Å². The smallest absolute Gasteiger partial charge is 0.201 e. The van der Waals surface area contributed by atoms with Crippen molar-refractivity contribution in [3.8, 4) is 0 Å². The van der Waals surface area contributed by atoms with Gasteiger partial charge in [-0.25, -0.2) is 4.98 Å². The van der Waals surface area contributed by atoms with E-state index in [9.17, 15) is 0 Å². The SMILES string of the molecule is CN1CCC(n2c(N)nc3cc(I)ccc32)C1. The van der Waals surface area contributed by atoms with Crippen molar-refractivity contribution < 1.29 is 0 Å². The van der Waals surface area contributed by atoms with Gasteiger partial charge in [-0.2, -0.15) is 0 Å². The largest absolute Gasteiger partial charge is 0.369 e. The Morgan fingerprint density at radius 2 is 2.29 bits per heavy atom. The molecule has 1 atom stereocenters. The van der Waals surface area contributed by atoms with Crippen molar-refractivity contribution in [2.45, 2.75) is 12.5 Å². The summed E-state index contributed by atoms with van der Waals surface area (Å²) in [5.74, 6) is 0.641. The fraction of sp³-hybridized carbons (Fsp3) is 0.417. The number of nitrogen functional groups attached to an aromatic ring is 1. The third-order valence-corrected chi connectivity index (χ3v) is 4.08. The maximum absolute atomic E-state index is 6.06. The van der Waals surface area contributed by atoms with Crippen LogP contribution in [0.5, 0.6) is 0 Å². The highest BCUT2D eigenvalue weighted by Gasteiger charge is 2.24. The molecule has 2 heterocycles. The lowest BCUT2D eigenvalue weighted by Crippen LogP contribution is -2.17. The first-order valence-corrected chi connectivity index (χ1v) is 6.84. The zero-order valence-electron chi connectivity index (χ0n) is 9.73. The fourth-order valence-corrected chi connectivity index (χ4v) is 3.07. The molecule has 0 aliphatic carbocycles. The lowest BCUT2D eigenvalue weighted by molar-refractivity contribution is 0.396. The van der Waals surface area contributed by atoms with E-state index in [1.54, 1.807) is 0 Å². The quantitative estimate of drug-likeness (QED) is 0.808. The van der Waals surface area contributed by atoms with Gasteiger partial charge in [0.05, 0.1) is 17.1 Å². The zero-order valence-corrected chi connectivity index (χ0v) is 11.9. The predicted octanol–water partition coefficient (Wildman–Crippen LogP) is 2.10. The van der Waals surface area contributed by atoms with Gasteiger partial charge in [0.2, 0.25) is 5.95 Å². The number of halogens is 1. The van der Waals surface area contributed by atoms with Crippen LogP contribution in [0, 0.1) is 3.57 Å². The molecule has 3 rings (SSSR count). The summed E-state index contributed by atoms with van der Waals surface area (Å²) in [4.78, 5) is 6.80. The maximum atomic E-state index is 6.06. The van der Waals surface area contributed by atoms with Crippen LogP contribution >= 0.6 is 22.6 Å². The van der Waals surface area contributed by atoms with Gasteiger partial charge >= 0.3 is 0 Å². The van der Waals surface area contributed by atoms with Crippen molar-refractivity contribution in [2.24, 2.45) is 0 Å². The summed E-state index contributed by atoms with van der Waals surface area (Å²) < 4.78 is 3.39. The number of fused-ring (bicyclic) bond motifs is 1. The highest BCUT2D eigenvalue weighted by molar-refractivity contribution is 14.1. The molecular formula is C12H15IN4. The van der Waals surface area contributed by atoms with E-state index in [2.05, 4.69) is 62.3 Å². The summed E-state index contributed by atoms with van der Waals surface area (Å²) in [6, 6.07) is 6.78. The lowest BCUT2D eigenvalue weighted by Gasteiger charge is -2.14. The third-order valence-electron chi connectivity index (χ3n) is 3.41. The normalized spacial score (nSPS) is 21.4. The van der Waals surface area contributed by atoms with E-state index in [0.717, 1.165) is 30.5 Å². The van der Waals surface area contributed by atoms with E-state index in [0.29, 0.717) is 12.0 Å². The van der Waals surface area contributed by atoms with Crippen molar-refractivity contribution >= 4 is 39.6 Å². The van der Waals surface area contributed by atoms with Crippen LogP contribution < -0.4 is 5.73 Å². The molecule has 5 heteroatoms. The molecule has 2 aromatic rings. The Labute approximate surface area is 114 Å². The number of hydrogen-bond donors (Lipinski definition) is 1. The number of nitrogens with zero attached hydrogens (tertiary/aromatic N) is 3. The minimum absolute atomic E-state index is 0.463. The lowest BCUT2D eigenvalue weighted by atomic mass is 10.2. The van der Waals surface area contributed by atoms with Crippen molar-refractivity contribution in [1.82, 2.24) is 14.5 Å². The number of nitrogens with two attached hydrogens (primary N) is 1. The molecule has 0 amide bonds. The van der Waals surface area contributed by atoms with Gasteiger partial charge < -0.3 is 15.2 Å². The molecule has 1 aliphatic heterocycles. The molecule has 1 aliphatic rings. The molecule has 0 spiro atoms. The summed E-state index contributed by atoms with van der Waals surface area (Å²) in [6.07, 6.45) is 1.15. The van der Waals surface area contributed by atoms with Crippen LogP contribution in [-0.4, -0.2) is 34.6 Å². The first-order valence-electron chi connectivity index (χ1n) is 5.76. The predicted molar refractivity (Wildman–Crippen MR) is 78.0 cm³/mol. The Morgan fingerprint density at radius 3 is 3.00 bits per heavy atom. The highest BCUT2D eigenvalue weighted by Crippen LogP contribution is 2.29. The number of imidazole rings is 1. The molecule has 1 aromatic carbocycles. The number of anilines is 1. The van der Waals surface area contributed by atoms with Crippen LogP contribution in [0.2, 0.25) is 0 Å². The van der Waals surface area contributed by atoms with Crippen LogP contribution in [0.4, 0.5) is 5.95 Å². The van der Waals surface area contributed by atoms with Gasteiger partial charge in [-0.3, -0.25) is 0 Å². The Bertz CT molecular complexity index is 563. The second kappa shape index (κ2) is 4.13. The summed E-state index contributed by atoms with van der Waals surface area (Å²) in [5, 5.41) is 0. The molecule has 0 saturated carbocycles. The average Bonchev–Trinajstić information content (AvgIpc) is 2.80. The molecule has 1 saturated heterocycles. The Balaban J connectivity index is 2.12. The summed E-state index contributed by atoms with van der Waals surface area (Å²) in [7, 11) is 2.15. The van der Waals surface area contributed by atoms with Crippen LogP contribution in [0.15, 0.2) is 18.2 Å². The summed E-state index contributed by atoms with van der Waals surface area (Å²) in [5.41, 5.74) is 8.22. The first kappa shape index (κ1) is 11.3. The Morgan fingerprint density at radius 1 is 1.47 bits per heavy atom. The van der Waals surface area contributed by atoms with E-state index >= 15 is 0 Å². The molecule has 4 nitrogen and oxygen atoms in total. The average molecular weight is 342 g/mol. The van der Waals surface area contributed by atoms with Crippen LogP contribution in [0.25, 0.3) is 11.0 Å². The Kier molecular flexibility index (Phi) is 2.74. The molecule has 90 valence electrons. The molecule has 1 fully saturated rings. The van der Waals surface area contributed by atoms with Crippen LogP contribution in [0.1, 0.15) is 12.5 Å². The van der Waals surface area contributed by atoms with Gasteiger partial charge in [-0.15, -0.1) is 0 Å². The third kappa shape index (κ3) is 1.91. The molecule has 0 radical (unpaired) electrons. The number of likely N-dealkylation sites (N-methyl/N-ethyl adjacent to an activating group) is 1. The number of likely N-dealkylation sites (tertiary alicyclic amines) is 1. The monoisotopic (exact) mass is 342 g/mol. The van der Waals surface area contributed by atoms with Gasteiger partial charge in [0.1, 0.15) is 0 Å². The molecule has 1 unspecified atom stereocenters. The first-order chi connectivity index (χ1) is 8.15. The fourth-order valence-electron chi connectivity index (χ4n) is 2.60. The number of aromatic nitrogens is 2. The molecular weight excluding hydrogens is 327 g/mol. The number of hydrogen-bond acceptors (Lipinski definition) is 3. The molecule has 0 bridgehead atoms. The highest BCUT2D eigenvalue weighted by atomic mass is 127. The van der Waals surface area contributed by atoms with Crippen molar-refractivity contribution in [3.05, 3.63) is 21.8 Å². The Hall–Kier alpha value is -0.820. The second-order valence-corrected chi connectivity index (χ2v) is 5.92. The standard InChI is InChI=1S/C12H15IN4/c1-16-5-4-9(7-16)17-11-3-2-8(13)6-10(11)15-12(17)14/h2-3,6,9H,4-5,7H2,1H3,(H2,14,15). The minimum Gasteiger partial charge on any atom is -0.369 e. The van der Waals surface area contributed by atoms with Crippen molar-refractivity contribution in [2.75, 3.05) is 25.9 Å². The number of benzene rings is 1. The summed E-state index contributed by atoms with van der Waals surface area (Å²) >= 11 is 2.30. The molecule has 2 N–H and O–H groups in total. The number of rotatable bonds is 1. The van der Waals surface area contributed by atoms with Gasteiger partial charge in [0.25, 0.3) is 0 Å². The van der Waals surface area contributed by atoms with E-state index < -0.39 is 0 Å². The minimum atomic E-state index is 0.463. The molecule has 1 aromatic heterocycles. The van der Waals surface area contributed by atoms with Crippen molar-refractivity contribution in [3.63, 3.8) is 0 Å². The van der Waals surface area contributed by atoms with E-state index in [4.69, 9.17) is 5.73 Å². The van der Waals surface area contributed by atoms with E-state index in [1.807, 2.05) is 0 Å². The topological polar surface area (TPSA) is 47.1 Å². The van der Waals surface area contributed by atoms with Gasteiger partial charge in [-0.05, 0) is 60.8 Å². The van der Waals surface area contributed by atoms with Crippen LogP contribution in [-0.2, 0) is 0 Å². The molecule has 17 heavy (non-hydrogen) atoms. The van der Waals surface area contributed by atoms with E-state index in [1.165, 1.54) is 3.57 Å². The maximum Gasteiger partial charge on any atom is 0.201 e. The van der Waals surface area contributed by atoms with Crippen molar-refractivity contribution in [1.29, 1.82) is 0 Å². The van der Waals surface area contributed by atoms with Gasteiger partial charge in [0, 0.05) is 10.1 Å². The summed E-state index contributed by atoms with van der Waals surface area (Å²) in [6.45, 7) is 2.19. The second-order valence-electron chi connectivity index (χ2n) is 4.68.